The molecule has 1 aliphatic heterocycles. The molecule has 3 rings (SSSR count). The van der Waals surface area contributed by atoms with E-state index in [-0.39, 0.29) is 5.91 Å². The lowest BCUT2D eigenvalue weighted by molar-refractivity contribution is -0.131. The van der Waals surface area contributed by atoms with E-state index in [2.05, 4.69) is 15.1 Å². The van der Waals surface area contributed by atoms with E-state index in [1.54, 1.807) is 6.20 Å². The third kappa shape index (κ3) is 4.92. The first-order chi connectivity index (χ1) is 12.2. The van der Waals surface area contributed by atoms with Gasteiger partial charge in [0, 0.05) is 32.4 Å². The number of ether oxygens (including phenoxy) is 1. The van der Waals surface area contributed by atoms with Crippen LogP contribution in [-0.2, 0) is 4.79 Å². The second-order valence-corrected chi connectivity index (χ2v) is 6.21. The molecule has 1 fully saturated rings. The average Bonchev–Trinajstić information content (AvgIpc) is 2.90. The molecule has 0 N–H and O–H groups in total. The number of carbonyl (C=O) groups excluding carboxylic acids is 1. The summed E-state index contributed by atoms with van der Waals surface area (Å²) < 4.78 is 5.67. The van der Waals surface area contributed by atoms with Crippen molar-refractivity contribution >= 4 is 11.7 Å². The van der Waals surface area contributed by atoms with Gasteiger partial charge in [0.05, 0.1) is 13.0 Å². The molecule has 0 bridgehead atoms. The quantitative estimate of drug-likeness (QED) is 0.836. The molecule has 0 aliphatic carbocycles. The first kappa shape index (κ1) is 17.2. The lowest BCUT2D eigenvalue weighted by Gasteiger charge is -2.22. The lowest BCUT2D eigenvalue weighted by atomic mass is 10.2. The summed E-state index contributed by atoms with van der Waals surface area (Å²) in [6.07, 6.45) is 3.01. The molecule has 0 saturated carbocycles. The highest BCUT2D eigenvalue weighted by atomic mass is 16.5. The number of carbonyl (C=O) groups is 1. The van der Waals surface area contributed by atoms with Crippen LogP contribution in [0.15, 0.2) is 42.6 Å². The summed E-state index contributed by atoms with van der Waals surface area (Å²) >= 11 is 0. The number of anilines is 1. The van der Waals surface area contributed by atoms with Crippen LogP contribution >= 0.6 is 0 Å². The van der Waals surface area contributed by atoms with Gasteiger partial charge in [-0.2, -0.15) is 5.10 Å². The summed E-state index contributed by atoms with van der Waals surface area (Å²) in [5.41, 5.74) is 1.20. The first-order valence-electron chi connectivity index (χ1n) is 8.72. The second-order valence-electron chi connectivity index (χ2n) is 6.21. The number of hydrogen-bond donors (Lipinski definition) is 0. The van der Waals surface area contributed by atoms with Crippen LogP contribution < -0.4 is 9.64 Å². The summed E-state index contributed by atoms with van der Waals surface area (Å²) in [6.45, 7) is 5.61. The van der Waals surface area contributed by atoms with Crippen molar-refractivity contribution < 1.29 is 9.53 Å². The summed E-state index contributed by atoms with van der Waals surface area (Å²) in [5.74, 6) is 1.83. The standard InChI is InChI=1S/C19H24N4O2/c1-16-5-7-17(8-6-16)25-15-9-19(24)23-12-3-11-22(13-14-23)18-4-2-10-20-21-18/h2,4-8,10H,3,9,11-15H2,1H3. The van der Waals surface area contributed by atoms with E-state index in [1.807, 2.05) is 48.2 Å². The molecule has 0 radical (unpaired) electrons. The van der Waals surface area contributed by atoms with Crippen LogP contribution in [0.25, 0.3) is 0 Å². The summed E-state index contributed by atoms with van der Waals surface area (Å²) in [6, 6.07) is 11.7. The van der Waals surface area contributed by atoms with Gasteiger partial charge in [0.25, 0.3) is 0 Å². The van der Waals surface area contributed by atoms with Crippen molar-refractivity contribution in [3.05, 3.63) is 48.2 Å². The Hall–Kier alpha value is -2.63. The summed E-state index contributed by atoms with van der Waals surface area (Å²) in [7, 11) is 0. The van der Waals surface area contributed by atoms with Gasteiger partial charge in [0.15, 0.2) is 5.82 Å². The molecular formula is C19H24N4O2. The zero-order valence-electron chi connectivity index (χ0n) is 14.6. The van der Waals surface area contributed by atoms with Gasteiger partial charge in [-0.15, -0.1) is 5.10 Å². The summed E-state index contributed by atoms with van der Waals surface area (Å²) in [5, 5.41) is 8.09. The molecule has 1 amide bonds. The molecule has 6 nitrogen and oxygen atoms in total. The van der Waals surface area contributed by atoms with Gasteiger partial charge in [0.2, 0.25) is 5.91 Å². The fraction of sp³-hybridized carbons (Fsp3) is 0.421. The largest absolute Gasteiger partial charge is 0.493 e. The van der Waals surface area contributed by atoms with Crippen molar-refractivity contribution in [3.63, 3.8) is 0 Å². The van der Waals surface area contributed by atoms with Crippen molar-refractivity contribution in [2.24, 2.45) is 0 Å². The number of nitrogens with zero attached hydrogens (tertiary/aromatic N) is 4. The molecule has 2 aromatic rings. The van der Waals surface area contributed by atoms with E-state index in [1.165, 1.54) is 5.56 Å². The Morgan fingerprint density at radius 3 is 2.72 bits per heavy atom. The Kier molecular flexibility index (Phi) is 5.82. The number of benzene rings is 1. The van der Waals surface area contributed by atoms with Crippen LogP contribution in [0.5, 0.6) is 5.75 Å². The first-order valence-corrected chi connectivity index (χ1v) is 8.72. The van der Waals surface area contributed by atoms with Gasteiger partial charge < -0.3 is 14.5 Å². The minimum atomic E-state index is 0.146. The third-order valence-electron chi connectivity index (χ3n) is 4.34. The average molecular weight is 340 g/mol. The van der Waals surface area contributed by atoms with Crippen molar-refractivity contribution in [2.75, 3.05) is 37.7 Å². The van der Waals surface area contributed by atoms with E-state index in [0.717, 1.165) is 37.6 Å². The molecule has 1 aliphatic rings. The van der Waals surface area contributed by atoms with E-state index < -0.39 is 0 Å². The zero-order chi connectivity index (χ0) is 17.5. The molecule has 0 unspecified atom stereocenters. The van der Waals surface area contributed by atoms with Crippen molar-refractivity contribution in [1.29, 1.82) is 0 Å². The van der Waals surface area contributed by atoms with E-state index in [9.17, 15) is 4.79 Å². The maximum atomic E-state index is 12.4. The molecule has 1 aromatic carbocycles. The smallest absolute Gasteiger partial charge is 0.226 e. The normalized spacial score (nSPS) is 14.9. The fourth-order valence-electron chi connectivity index (χ4n) is 2.91. The van der Waals surface area contributed by atoms with Gasteiger partial charge >= 0.3 is 0 Å². The number of amides is 1. The maximum Gasteiger partial charge on any atom is 0.226 e. The fourth-order valence-corrected chi connectivity index (χ4v) is 2.91. The number of aromatic nitrogens is 2. The Morgan fingerprint density at radius 2 is 1.96 bits per heavy atom. The van der Waals surface area contributed by atoms with Crippen LogP contribution in [0, 0.1) is 6.92 Å². The molecule has 0 spiro atoms. The Labute approximate surface area is 148 Å². The number of rotatable bonds is 5. The highest BCUT2D eigenvalue weighted by Gasteiger charge is 2.19. The topological polar surface area (TPSA) is 58.6 Å². The van der Waals surface area contributed by atoms with E-state index in [4.69, 9.17) is 4.74 Å². The highest BCUT2D eigenvalue weighted by Crippen LogP contribution is 2.14. The third-order valence-corrected chi connectivity index (χ3v) is 4.34. The van der Waals surface area contributed by atoms with Crippen LogP contribution in [0.4, 0.5) is 5.82 Å². The minimum absolute atomic E-state index is 0.146. The van der Waals surface area contributed by atoms with E-state index >= 15 is 0 Å². The molecule has 25 heavy (non-hydrogen) atoms. The van der Waals surface area contributed by atoms with Gasteiger partial charge in [-0.25, -0.2) is 0 Å². The second kappa shape index (κ2) is 8.46. The molecule has 6 heteroatoms. The van der Waals surface area contributed by atoms with Crippen LogP contribution in [0.2, 0.25) is 0 Å². The molecule has 132 valence electrons. The maximum absolute atomic E-state index is 12.4. The molecule has 1 aromatic heterocycles. The Bertz CT molecular complexity index is 676. The van der Waals surface area contributed by atoms with E-state index in [0.29, 0.717) is 19.6 Å². The molecule has 0 atom stereocenters. The lowest BCUT2D eigenvalue weighted by Crippen LogP contribution is -2.36. The van der Waals surface area contributed by atoms with Crippen LogP contribution in [0.3, 0.4) is 0 Å². The predicted octanol–water partition coefficient (Wildman–Crippen LogP) is 2.29. The molecular weight excluding hydrogens is 316 g/mol. The number of aryl methyl sites for hydroxylation is 1. The highest BCUT2D eigenvalue weighted by molar-refractivity contribution is 5.76. The summed E-state index contributed by atoms with van der Waals surface area (Å²) in [4.78, 5) is 16.5. The van der Waals surface area contributed by atoms with Gasteiger partial charge in [-0.1, -0.05) is 17.7 Å². The Balaban J connectivity index is 1.45. The van der Waals surface area contributed by atoms with Gasteiger partial charge in [-0.05, 0) is 37.6 Å². The zero-order valence-corrected chi connectivity index (χ0v) is 14.6. The van der Waals surface area contributed by atoms with Crippen LogP contribution in [-0.4, -0.2) is 53.8 Å². The SMILES string of the molecule is Cc1ccc(OCCC(=O)N2CCCN(c3cccnn3)CC2)cc1. The predicted molar refractivity (Wildman–Crippen MR) is 96.7 cm³/mol. The minimum Gasteiger partial charge on any atom is -0.493 e. The van der Waals surface area contributed by atoms with Gasteiger partial charge in [0.1, 0.15) is 5.75 Å². The van der Waals surface area contributed by atoms with Crippen molar-refractivity contribution in [1.82, 2.24) is 15.1 Å². The number of hydrogen-bond acceptors (Lipinski definition) is 5. The Morgan fingerprint density at radius 1 is 1.12 bits per heavy atom. The monoisotopic (exact) mass is 340 g/mol. The van der Waals surface area contributed by atoms with Crippen LogP contribution in [0.1, 0.15) is 18.4 Å². The molecule has 2 heterocycles. The van der Waals surface area contributed by atoms with Gasteiger partial charge in [-0.3, -0.25) is 4.79 Å². The van der Waals surface area contributed by atoms with Crippen molar-refractivity contribution in [3.8, 4) is 5.75 Å². The molecule has 1 saturated heterocycles. The van der Waals surface area contributed by atoms with Crippen molar-refractivity contribution in [2.45, 2.75) is 19.8 Å².